The van der Waals surface area contributed by atoms with E-state index < -0.39 is 41.1 Å². The van der Waals surface area contributed by atoms with E-state index in [0.29, 0.717) is 0 Å². The Morgan fingerprint density at radius 3 is 2.00 bits per heavy atom. The third-order valence-electron chi connectivity index (χ3n) is 3.39. The van der Waals surface area contributed by atoms with Crippen LogP contribution in [0.1, 0.15) is 20.8 Å². The van der Waals surface area contributed by atoms with Gasteiger partial charge in [0, 0.05) is 0 Å². The van der Waals surface area contributed by atoms with Crippen molar-refractivity contribution in [2.75, 3.05) is 6.61 Å². The number of ether oxygens (including phenoxy) is 1. The van der Waals surface area contributed by atoms with Crippen molar-refractivity contribution in [2.24, 2.45) is 23.2 Å². The Labute approximate surface area is 98.6 Å². The predicted molar refractivity (Wildman–Crippen MR) is 56.2 cm³/mol. The highest BCUT2D eigenvalue weighted by Crippen LogP contribution is 2.64. The number of hydrogen-bond donors (Lipinski definition) is 2. The molecule has 0 aromatic carbocycles. The number of esters is 1. The van der Waals surface area contributed by atoms with Crippen molar-refractivity contribution < 1.29 is 29.3 Å². The molecule has 96 valence electrons. The molecular formula is C11H16O6. The number of rotatable bonds is 5. The van der Waals surface area contributed by atoms with Crippen LogP contribution in [-0.4, -0.2) is 34.7 Å². The molecule has 1 saturated carbocycles. The largest absolute Gasteiger partial charge is 0.481 e. The summed E-state index contributed by atoms with van der Waals surface area (Å²) < 4.78 is 4.74. The normalized spacial score (nSPS) is 31.1. The van der Waals surface area contributed by atoms with Gasteiger partial charge in [0.05, 0.1) is 23.9 Å². The highest BCUT2D eigenvalue weighted by atomic mass is 16.5. The lowest BCUT2D eigenvalue weighted by molar-refractivity contribution is -0.153. The van der Waals surface area contributed by atoms with Gasteiger partial charge in [0.2, 0.25) is 0 Å². The highest BCUT2D eigenvalue weighted by molar-refractivity contribution is 5.99. The molecule has 0 saturated heterocycles. The summed E-state index contributed by atoms with van der Waals surface area (Å²) in [4.78, 5) is 33.9. The van der Waals surface area contributed by atoms with Crippen LogP contribution in [0.4, 0.5) is 0 Å². The predicted octanol–water partition coefficient (Wildman–Crippen LogP) is 0.607. The minimum absolute atomic E-state index is 0.107. The Hall–Kier alpha value is -1.59. The fourth-order valence-corrected chi connectivity index (χ4v) is 2.55. The van der Waals surface area contributed by atoms with Gasteiger partial charge in [0.25, 0.3) is 0 Å². The fourth-order valence-electron chi connectivity index (χ4n) is 2.55. The zero-order chi connectivity index (χ0) is 13.4. The Kier molecular flexibility index (Phi) is 3.45. The Morgan fingerprint density at radius 1 is 1.24 bits per heavy atom. The van der Waals surface area contributed by atoms with Crippen molar-refractivity contribution in [3.63, 3.8) is 0 Å². The standard InChI is InChI=1S/C11H16O6/c1-4-17-9(14)7-6(8(12)13)11(7,5(2)3)10(15)16/h5-7H,4H2,1-3H3,(H,12,13)(H,15,16). The Balaban J connectivity index is 3.09. The van der Waals surface area contributed by atoms with Gasteiger partial charge in [0.1, 0.15) is 0 Å². The van der Waals surface area contributed by atoms with Gasteiger partial charge in [0.15, 0.2) is 0 Å². The maximum Gasteiger partial charge on any atom is 0.311 e. The summed E-state index contributed by atoms with van der Waals surface area (Å²) >= 11 is 0. The summed E-state index contributed by atoms with van der Waals surface area (Å²) in [5.74, 6) is -5.99. The molecule has 0 heterocycles. The molecule has 0 amide bonds. The number of carbonyl (C=O) groups is 3. The third kappa shape index (κ3) is 1.77. The number of carbonyl (C=O) groups excluding carboxylic acids is 1. The van der Waals surface area contributed by atoms with Gasteiger partial charge in [-0.2, -0.15) is 0 Å². The van der Waals surface area contributed by atoms with Gasteiger partial charge < -0.3 is 14.9 Å². The monoisotopic (exact) mass is 244 g/mol. The van der Waals surface area contributed by atoms with Gasteiger partial charge in [-0.25, -0.2) is 0 Å². The van der Waals surface area contributed by atoms with Crippen LogP contribution in [-0.2, 0) is 19.1 Å². The first-order valence-electron chi connectivity index (χ1n) is 5.44. The Morgan fingerprint density at radius 2 is 1.76 bits per heavy atom. The number of carboxylic acid groups (broad SMARTS) is 2. The molecule has 17 heavy (non-hydrogen) atoms. The van der Waals surface area contributed by atoms with Crippen LogP contribution in [0.25, 0.3) is 0 Å². The van der Waals surface area contributed by atoms with Crippen molar-refractivity contribution in [1.82, 2.24) is 0 Å². The number of carboxylic acids is 2. The summed E-state index contributed by atoms with van der Waals surface area (Å²) in [5.41, 5.74) is -1.53. The number of hydrogen-bond acceptors (Lipinski definition) is 4. The van der Waals surface area contributed by atoms with E-state index in [-0.39, 0.29) is 6.61 Å². The molecule has 3 unspecified atom stereocenters. The van der Waals surface area contributed by atoms with Crippen molar-refractivity contribution in [1.29, 1.82) is 0 Å². The lowest BCUT2D eigenvalue weighted by Gasteiger charge is -2.16. The van der Waals surface area contributed by atoms with Crippen molar-refractivity contribution in [3.8, 4) is 0 Å². The first-order chi connectivity index (χ1) is 7.81. The lowest BCUT2D eigenvalue weighted by atomic mass is 9.88. The van der Waals surface area contributed by atoms with Gasteiger partial charge in [-0.05, 0) is 12.8 Å². The summed E-state index contributed by atoms with van der Waals surface area (Å²) in [6.07, 6.45) is 0. The zero-order valence-corrected chi connectivity index (χ0v) is 9.97. The average Bonchev–Trinajstić information content (AvgIpc) is 2.88. The van der Waals surface area contributed by atoms with E-state index in [2.05, 4.69) is 0 Å². The summed E-state index contributed by atoms with van der Waals surface area (Å²) in [6, 6.07) is 0. The summed E-state index contributed by atoms with van der Waals surface area (Å²) in [7, 11) is 0. The second-order valence-electron chi connectivity index (χ2n) is 4.44. The van der Waals surface area contributed by atoms with Crippen molar-refractivity contribution in [3.05, 3.63) is 0 Å². The molecule has 1 rings (SSSR count). The summed E-state index contributed by atoms with van der Waals surface area (Å²) in [6.45, 7) is 4.90. The van der Waals surface area contributed by atoms with Crippen LogP contribution < -0.4 is 0 Å². The fraction of sp³-hybridized carbons (Fsp3) is 0.727. The Bertz CT molecular complexity index is 361. The molecule has 0 bridgehead atoms. The molecular weight excluding hydrogens is 228 g/mol. The molecule has 0 aromatic heterocycles. The van der Waals surface area contributed by atoms with E-state index >= 15 is 0 Å². The average molecular weight is 244 g/mol. The molecule has 0 radical (unpaired) electrons. The molecule has 6 heteroatoms. The van der Waals surface area contributed by atoms with Crippen LogP contribution in [0.15, 0.2) is 0 Å². The van der Waals surface area contributed by atoms with Crippen LogP contribution in [0.2, 0.25) is 0 Å². The first kappa shape index (κ1) is 13.5. The van der Waals surface area contributed by atoms with Gasteiger partial charge in [-0.1, -0.05) is 13.8 Å². The highest BCUT2D eigenvalue weighted by Gasteiger charge is 2.78. The SMILES string of the molecule is CCOC(=O)C1C(C(=O)O)C1(C(=O)O)C(C)C. The second kappa shape index (κ2) is 4.35. The van der Waals surface area contributed by atoms with E-state index in [0.717, 1.165) is 0 Å². The molecule has 0 aliphatic heterocycles. The summed E-state index contributed by atoms with van der Waals surface area (Å²) in [5, 5.41) is 18.2. The van der Waals surface area contributed by atoms with Crippen LogP contribution in [0.5, 0.6) is 0 Å². The molecule has 0 spiro atoms. The molecule has 1 fully saturated rings. The second-order valence-corrected chi connectivity index (χ2v) is 4.44. The molecule has 1 aliphatic carbocycles. The quantitative estimate of drug-likeness (QED) is 0.687. The van der Waals surface area contributed by atoms with Gasteiger partial charge in [-0.15, -0.1) is 0 Å². The maximum absolute atomic E-state index is 11.6. The lowest BCUT2D eigenvalue weighted by Crippen LogP contribution is -2.28. The molecule has 3 atom stereocenters. The third-order valence-corrected chi connectivity index (χ3v) is 3.39. The van der Waals surface area contributed by atoms with Crippen molar-refractivity contribution >= 4 is 17.9 Å². The molecule has 6 nitrogen and oxygen atoms in total. The topological polar surface area (TPSA) is 101 Å². The number of aliphatic carboxylic acids is 2. The van der Waals surface area contributed by atoms with Crippen LogP contribution in [0, 0.1) is 23.2 Å². The smallest absolute Gasteiger partial charge is 0.311 e. The minimum atomic E-state index is -1.53. The van der Waals surface area contributed by atoms with Gasteiger partial charge in [-0.3, -0.25) is 14.4 Å². The van der Waals surface area contributed by atoms with E-state index in [1.54, 1.807) is 20.8 Å². The molecule has 1 aliphatic rings. The maximum atomic E-state index is 11.6. The van der Waals surface area contributed by atoms with E-state index in [1.807, 2.05) is 0 Å². The van der Waals surface area contributed by atoms with Gasteiger partial charge >= 0.3 is 17.9 Å². The van der Waals surface area contributed by atoms with E-state index in [1.165, 1.54) is 0 Å². The molecule has 2 N–H and O–H groups in total. The van der Waals surface area contributed by atoms with Crippen LogP contribution in [0.3, 0.4) is 0 Å². The first-order valence-corrected chi connectivity index (χ1v) is 5.44. The zero-order valence-electron chi connectivity index (χ0n) is 9.97. The van der Waals surface area contributed by atoms with E-state index in [4.69, 9.17) is 9.84 Å². The van der Waals surface area contributed by atoms with Crippen LogP contribution >= 0.6 is 0 Å². The molecule has 0 aromatic rings. The van der Waals surface area contributed by atoms with Crippen molar-refractivity contribution in [2.45, 2.75) is 20.8 Å². The minimum Gasteiger partial charge on any atom is -0.481 e. The van der Waals surface area contributed by atoms with E-state index in [9.17, 15) is 19.5 Å².